The molecule has 0 saturated heterocycles. The smallest absolute Gasteiger partial charge is 0.0737 e. The molecule has 0 aliphatic rings. The van der Waals surface area contributed by atoms with E-state index >= 15 is 0 Å². The van der Waals surface area contributed by atoms with Crippen molar-refractivity contribution >= 4 is 68.8 Å². The van der Waals surface area contributed by atoms with E-state index in [4.69, 9.17) is 23.2 Å². The number of anilines is 2. The summed E-state index contributed by atoms with van der Waals surface area (Å²) in [6, 6.07) is 15.8. The summed E-state index contributed by atoms with van der Waals surface area (Å²) in [5.41, 5.74) is 4.12. The highest BCUT2D eigenvalue weighted by Gasteiger charge is 2.03. The third-order valence-electron chi connectivity index (χ3n) is 5.64. The highest BCUT2D eigenvalue weighted by Crippen LogP contribution is 2.25. The van der Waals surface area contributed by atoms with Crippen LogP contribution in [0.25, 0.3) is 21.8 Å². The second-order valence-electron chi connectivity index (χ2n) is 8.01. The molecule has 0 fully saturated rings. The average molecular weight is 504 g/mol. The van der Waals surface area contributed by atoms with Gasteiger partial charge in [-0.15, -0.1) is 12.4 Å². The zero-order valence-electron chi connectivity index (χ0n) is 18.5. The lowest BCUT2D eigenvalue weighted by Gasteiger charge is -2.10. The molecular weight excluding hydrogens is 475 g/mol. The standard InChI is InChI=1S/C26H28Cl2N4.ClH/c27-19-7-9-21-23(11-15-31-25(21)17-19)29-13-5-3-1-2-4-6-14-30-24-12-16-32-26-18-20(28)8-10-22(24)26;/h7-12,15-18H,1-6,13-14H2,(H,29,31)(H,30,32);1H. The summed E-state index contributed by atoms with van der Waals surface area (Å²) in [7, 11) is 0. The second kappa shape index (κ2) is 12.8. The Balaban J connectivity index is 0.00000306. The van der Waals surface area contributed by atoms with Crippen molar-refractivity contribution in [1.82, 2.24) is 9.97 Å². The Morgan fingerprint density at radius 1 is 0.576 bits per heavy atom. The van der Waals surface area contributed by atoms with Gasteiger partial charge in [-0.25, -0.2) is 0 Å². The third-order valence-corrected chi connectivity index (χ3v) is 6.11. The van der Waals surface area contributed by atoms with E-state index in [1.165, 1.54) is 38.5 Å². The van der Waals surface area contributed by atoms with Gasteiger partial charge in [-0.1, -0.05) is 48.9 Å². The zero-order chi connectivity index (χ0) is 22.2. The van der Waals surface area contributed by atoms with Crippen LogP contribution in [0.5, 0.6) is 0 Å². The van der Waals surface area contributed by atoms with Crippen LogP contribution in [0.2, 0.25) is 10.0 Å². The van der Waals surface area contributed by atoms with Gasteiger partial charge < -0.3 is 10.6 Å². The van der Waals surface area contributed by atoms with Gasteiger partial charge in [0.25, 0.3) is 0 Å². The van der Waals surface area contributed by atoms with E-state index in [2.05, 4.69) is 20.6 Å². The van der Waals surface area contributed by atoms with Gasteiger partial charge in [0.15, 0.2) is 0 Å². The number of fused-ring (bicyclic) bond motifs is 2. The third kappa shape index (κ3) is 7.10. The SMILES string of the molecule is Cl.Clc1ccc2c(NCCCCCCCCNc3ccnc4cc(Cl)ccc34)ccnc2c1. The van der Waals surface area contributed by atoms with Crippen molar-refractivity contribution in [1.29, 1.82) is 0 Å². The molecule has 0 bridgehead atoms. The molecule has 0 amide bonds. The second-order valence-corrected chi connectivity index (χ2v) is 8.89. The number of benzene rings is 2. The van der Waals surface area contributed by atoms with E-state index in [0.717, 1.165) is 56.3 Å². The first-order valence-electron chi connectivity index (χ1n) is 11.3. The van der Waals surface area contributed by atoms with Crippen molar-refractivity contribution in [2.75, 3.05) is 23.7 Å². The molecule has 0 radical (unpaired) electrons. The number of nitrogens with one attached hydrogen (secondary N) is 2. The summed E-state index contributed by atoms with van der Waals surface area (Å²) in [4.78, 5) is 8.79. The molecule has 7 heteroatoms. The molecule has 0 atom stereocenters. The lowest BCUT2D eigenvalue weighted by Crippen LogP contribution is -2.03. The monoisotopic (exact) mass is 502 g/mol. The molecule has 2 N–H and O–H groups in total. The summed E-state index contributed by atoms with van der Waals surface area (Å²) < 4.78 is 0. The topological polar surface area (TPSA) is 49.8 Å². The zero-order valence-corrected chi connectivity index (χ0v) is 20.8. The van der Waals surface area contributed by atoms with Gasteiger partial charge in [0, 0.05) is 57.7 Å². The van der Waals surface area contributed by atoms with Crippen LogP contribution in [0.4, 0.5) is 11.4 Å². The molecule has 0 spiro atoms. The molecule has 4 nitrogen and oxygen atoms in total. The maximum absolute atomic E-state index is 6.07. The Morgan fingerprint density at radius 3 is 1.45 bits per heavy atom. The van der Waals surface area contributed by atoms with Crippen molar-refractivity contribution in [3.05, 3.63) is 71.0 Å². The van der Waals surface area contributed by atoms with E-state index in [0.29, 0.717) is 0 Å². The first-order chi connectivity index (χ1) is 15.7. The molecule has 4 aromatic rings. The van der Waals surface area contributed by atoms with Gasteiger partial charge in [-0.2, -0.15) is 0 Å². The van der Waals surface area contributed by atoms with Crippen molar-refractivity contribution in [3.63, 3.8) is 0 Å². The minimum atomic E-state index is 0. The largest absolute Gasteiger partial charge is 0.384 e. The predicted octanol–water partition coefficient (Wildman–Crippen LogP) is 8.38. The van der Waals surface area contributed by atoms with Crippen molar-refractivity contribution in [3.8, 4) is 0 Å². The fourth-order valence-electron chi connectivity index (χ4n) is 3.95. The van der Waals surface area contributed by atoms with Crippen LogP contribution in [0, 0.1) is 0 Å². The maximum atomic E-state index is 6.07. The first-order valence-corrected chi connectivity index (χ1v) is 12.0. The van der Waals surface area contributed by atoms with Crippen LogP contribution in [-0.2, 0) is 0 Å². The molecule has 2 aromatic carbocycles. The lowest BCUT2D eigenvalue weighted by atomic mass is 10.1. The van der Waals surface area contributed by atoms with E-state index in [1.54, 1.807) is 0 Å². The highest BCUT2D eigenvalue weighted by molar-refractivity contribution is 6.31. The fourth-order valence-corrected chi connectivity index (χ4v) is 4.29. The summed E-state index contributed by atoms with van der Waals surface area (Å²) in [5.74, 6) is 0. The number of aromatic nitrogens is 2. The number of pyridine rings is 2. The number of hydrogen-bond acceptors (Lipinski definition) is 4. The van der Waals surface area contributed by atoms with Gasteiger partial charge >= 0.3 is 0 Å². The molecule has 0 aliphatic carbocycles. The Morgan fingerprint density at radius 2 is 1.00 bits per heavy atom. The normalized spacial score (nSPS) is 10.8. The Kier molecular flexibility index (Phi) is 9.86. The summed E-state index contributed by atoms with van der Waals surface area (Å²) >= 11 is 12.1. The molecule has 2 aromatic heterocycles. The molecule has 2 heterocycles. The lowest BCUT2D eigenvalue weighted by molar-refractivity contribution is 0.610. The first kappa shape index (κ1) is 25.4. The van der Waals surface area contributed by atoms with Gasteiger partial charge in [0.05, 0.1) is 11.0 Å². The molecule has 33 heavy (non-hydrogen) atoms. The molecule has 0 aliphatic heterocycles. The van der Waals surface area contributed by atoms with Gasteiger partial charge in [0.1, 0.15) is 0 Å². The Bertz CT molecular complexity index is 1090. The van der Waals surface area contributed by atoms with Crippen LogP contribution in [0.15, 0.2) is 60.9 Å². The Hall–Kier alpha value is -2.27. The van der Waals surface area contributed by atoms with Crippen molar-refractivity contribution in [2.24, 2.45) is 0 Å². The van der Waals surface area contributed by atoms with E-state index in [9.17, 15) is 0 Å². The molecule has 0 saturated carbocycles. The maximum Gasteiger partial charge on any atom is 0.0737 e. The minimum absolute atomic E-state index is 0. The van der Waals surface area contributed by atoms with Crippen molar-refractivity contribution < 1.29 is 0 Å². The summed E-state index contributed by atoms with van der Waals surface area (Å²) in [6.45, 7) is 1.95. The number of rotatable bonds is 11. The van der Waals surface area contributed by atoms with Gasteiger partial charge in [0.2, 0.25) is 0 Å². The molecular formula is C26H29Cl3N4. The molecule has 174 valence electrons. The molecule has 4 rings (SSSR count). The number of nitrogens with zero attached hydrogens (tertiary/aromatic N) is 2. The van der Waals surface area contributed by atoms with E-state index in [1.807, 2.05) is 60.9 Å². The number of halogens is 3. The summed E-state index contributed by atoms with van der Waals surface area (Å²) in [6.07, 6.45) is 11.0. The van der Waals surface area contributed by atoms with Crippen LogP contribution in [0.1, 0.15) is 38.5 Å². The predicted molar refractivity (Wildman–Crippen MR) is 145 cm³/mol. The van der Waals surface area contributed by atoms with E-state index < -0.39 is 0 Å². The average Bonchev–Trinajstić information content (AvgIpc) is 2.80. The van der Waals surface area contributed by atoms with E-state index in [-0.39, 0.29) is 12.4 Å². The number of hydrogen-bond donors (Lipinski definition) is 2. The highest BCUT2D eigenvalue weighted by atomic mass is 35.5. The summed E-state index contributed by atoms with van der Waals surface area (Å²) in [5, 5.41) is 10.8. The van der Waals surface area contributed by atoms with Crippen molar-refractivity contribution in [2.45, 2.75) is 38.5 Å². The molecule has 0 unspecified atom stereocenters. The van der Waals surface area contributed by atoms with Crippen LogP contribution in [-0.4, -0.2) is 23.1 Å². The fraction of sp³-hybridized carbons (Fsp3) is 0.308. The van der Waals surface area contributed by atoms with Crippen LogP contribution in [0.3, 0.4) is 0 Å². The Labute approximate surface area is 211 Å². The van der Waals surface area contributed by atoms with Gasteiger partial charge in [-0.05, 0) is 61.4 Å². The quantitative estimate of drug-likeness (QED) is 0.202. The van der Waals surface area contributed by atoms with Crippen LogP contribution < -0.4 is 10.6 Å². The van der Waals surface area contributed by atoms with Gasteiger partial charge in [-0.3, -0.25) is 9.97 Å². The van der Waals surface area contributed by atoms with Crippen LogP contribution >= 0.6 is 35.6 Å². The minimum Gasteiger partial charge on any atom is -0.384 e. The number of unbranched alkanes of at least 4 members (excludes halogenated alkanes) is 5.